The molecule has 0 bridgehead atoms. The molecule has 0 fully saturated rings. The zero-order valence-electron chi connectivity index (χ0n) is 7.44. The molecular formula is C9H8BrNO3. The van der Waals surface area contributed by atoms with Crippen LogP contribution in [-0.2, 0) is 4.79 Å². The Balaban J connectivity index is 3.20. The van der Waals surface area contributed by atoms with Gasteiger partial charge in [0.2, 0.25) is 0 Å². The number of aldehydes is 1. The molecule has 4 nitrogen and oxygen atoms in total. The topological polar surface area (TPSA) is 60.2 Å². The van der Waals surface area contributed by atoms with E-state index in [2.05, 4.69) is 15.9 Å². The van der Waals surface area contributed by atoms with Crippen molar-refractivity contribution >= 4 is 27.9 Å². The molecule has 1 unspecified atom stereocenters. The third-order valence-corrected chi connectivity index (χ3v) is 2.61. The smallest absolute Gasteiger partial charge is 0.269 e. The molecule has 0 aliphatic rings. The highest BCUT2D eigenvalue weighted by molar-refractivity contribution is 9.10. The van der Waals surface area contributed by atoms with Crippen molar-refractivity contribution in [1.82, 2.24) is 0 Å². The standard InChI is InChI=1S/C9H8BrNO3/c1-6(5-12)8-4-7(11(13)14)2-3-9(8)10/h2-6H,1H3. The van der Waals surface area contributed by atoms with Gasteiger partial charge in [0.05, 0.1) is 4.92 Å². The zero-order chi connectivity index (χ0) is 10.7. The first-order chi connectivity index (χ1) is 6.56. The van der Waals surface area contributed by atoms with E-state index in [1.807, 2.05) is 0 Å². The van der Waals surface area contributed by atoms with Crippen LogP contribution in [-0.4, -0.2) is 11.2 Å². The molecule has 0 N–H and O–H groups in total. The van der Waals surface area contributed by atoms with Crippen LogP contribution in [0, 0.1) is 10.1 Å². The van der Waals surface area contributed by atoms with Crippen molar-refractivity contribution in [3.05, 3.63) is 38.3 Å². The van der Waals surface area contributed by atoms with E-state index in [0.29, 0.717) is 10.0 Å². The summed E-state index contributed by atoms with van der Waals surface area (Å²) in [4.78, 5) is 20.5. The van der Waals surface area contributed by atoms with Gasteiger partial charge in [-0.05, 0) is 11.6 Å². The van der Waals surface area contributed by atoms with Crippen molar-refractivity contribution < 1.29 is 9.72 Å². The molecule has 0 saturated carbocycles. The Hall–Kier alpha value is -1.23. The molecule has 0 aliphatic carbocycles. The lowest BCUT2D eigenvalue weighted by Crippen LogP contribution is -1.97. The fraction of sp³-hybridized carbons (Fsp3) is 0.222. The van der Waals surface area contributed by atoms with Crippen molar-refractivity contribution in [1.29, 1.82) is 0 Å². The molecule has 5 heteroatoms. The number of hydrogen-bond donors (Lipinski definition) is 0. The van der Waals surface area contributed by atoms with Crippen LogP contribution in [0.25, 0.3) is 0 Å². The van der Waals surface area contributed by atoms with E-state index < -0.39 is 4.92 Å². The number of rotatable bonds is 3. The average Bonchev–Trinajstić information content (AvgIpc) is 2.17. The highest BCUT2D eigenvalue weighted by atomic mass is 79.9. The van der Waals surface area contributed by atoms with Crippen LogP contribution >= 0.6 is 15.9 Å². The second-order valence-corrected chi connectivity index (χ2v) is 3.74. The highest BCUT2D eigenvalue weighted by Gasteiger charge is 2.13. The molecule has 0 heterocycles. The van der Waals surface area contributed by atoms with Crippen molar-refractivity contribution in [2.75, 3.05) is 0 Å². The number of hydrogen-bond acceptors (Lipinski definition) is 3. The van der Waals surface area contributed by atoms with Crippen molar-refractivity contribution in [2.24, 2.45) is 0 Å². The van der Waals surface area contributed by atoms with Crippen LogP contribution in [0.2, 0.25) is 0 Å². The van der Waals surface area contributed by atoms with E-state index in [1.54, 1.807) is 13.0 Å². The summed E-state index contributed by atoms with van der Waals surface area (Å²) in [6, 6.07) is 4.38. The largest absolute Gasteiger partial charge is 0.303 e. The van der Waals surface area contributed by atoms with E-state index in [4.69, 9.17) is 0 Å². The van der Waals surface area contributed by atoms with E-state index in [9.17, 15) is 14.9 Å². The van der Waals surface area contributed by atoms with Gasteiger partial charge < -0.3 is 4.79 Å². The predicted octanol–water partition coefficient (Wildman–Crippen LogP) is 2.66. The zero-order valence-corrected chi connectivity index (χ0v) is 9.02. The lowest BCUT2D eigenvalue weighted by molar-refractivity contribution is -0.384. The molecule has 74 valence electrons. The van der Waals surface area contributed by atoms with Gasteiger partial charge in [0, 0.05) is 22.5 Å². The van der Waals surface area contributed by atoms with Gasteiger partial charge in [-0.2, -0.15) is 0 Å². The van der Waals surface area contributed by atoms with Crippen LogP contribution in [0.15, 0.2) is 22.7 Å². The molecule has 1 aromatic rings. The van der Waals surface area contributed by atoms with Gasteiger partial charge in [-0.1, -0.05) is 22.9 Å². The maximum Gasteiger partial charge on any atom is 0.269 e. The van der Waals surface area contributed by atoms with Crippen molar-refractivity contribution in [3.8, 4) is 0 Å². The Kier molecular flexibility index (Phi) is 3.35. The second kappa shape index (κ2) is 4.32. The first-order valence-electron chi connectivity index (χ1n) is 3.95. The van der Waals surface area contributed by atoms with Crippen LogP contribution in [0.1, 0.15) is 18.4 Å². The van der Waals surface area contributed by atoms with Crippen LogP contribution in [0.5, 0.6) is 0 Å². The van der Waals surface area contributed by atoms with E-state index in [0.717, 1.165) is 6.29 Å². The number of non-ortho nitro benzene ring substituents is 1. The van der Waals surface area contributed by atoms with Gasteiger partial charge >= 0.3 is 0 Å². The number of carbonyl (C=O) groups is 1. The summed E-state index contributed by atoms with van der Waals surface area (Å²) in [5, 5.41) is 10.5. The summed E-state index contributed by atoms with van der Waals surface area (Å²) >= 11 is 3.24. The molecular weight excluding hydrogens is 250 g/mol. The minimum Gasteiger partial charge on any atom is -0.303 e. The Morgan fingerprint density at radius 1 is 1.57 bits per heavy atom. The quantitative estimate of drug-likeness (QED) is 0.475. The minimum atomic E-state index is -0.479. The molecule has 0 radical (unpaired) electrons. The number of benzene rings is 1. The first kappa shape index (κ1) is 10.8. The van der Waals surface area contributed by atoms with Gasteiger partial charge in [0.1, 0.15) is 6.29 Å². The van der Waals surface area contributed by atoms with Gasteiger partial charge in [-0.25, -0.2) is 0 Å². The van der Waals surface area contributed by atoms with Gasteiger partial charge in [0.15, 0.2) is 0 Å². The van der Waals surface area contributed by atoms with Crippen LogP contribution in [0.4, 0.5) is 5.69 Å². The normalized spacial score (nSPS) is 12.1. The Morgan fingerprint density at radius 2 is 2.21 bits per heavy atom. The fourth-order valence-electron chi connectivity index (χ4n) is 1.07. The third-order valence-electron chi connectivity index (χ3n) is 1.89. The fourth-order valence-corrected chi connectivity index (χ4v) is 1.67. The molecule has 0 amide bonds. The van der Waals surface area contributed by atoms with Crippen molar-refractivity contribution in [2.45, 2.75) is 12.8 Å². The second-order valence-electron chi connectivity index (χ2n) is 2.89. The maximum atomic E-state index is 10.5. The number of halogens is 1. The predicted molar refractivity (Wildman–Crippen MR) is 55.3 cm³/mol. The molecule has 14 heavy (non-hydrogen) atoms. The number of nitro groups is 1. The molecule has 0 aromatic heterocycles. The minimum absolute atomic E-state index is 0.00287. The molecule has 0 spiro atoms. The molecule has 0 saturated heterocycles. The van der Waals surface area contributed by atoms with Crippen LogP contribution < -0.4 is 0 Å². The van der Waals surface area contributed by atoms with Crippen molar-refractivity contribution in [3.63, 3.8) is 0 Å². The third kappa shape index (κ3) is 2.17. The first-order valence-corrected chi connectivity index (χ1v) is 4.74. The number of carbonyl (C=O) groups excluding carboxylic acids is 1. The highest BCUT2D eigenvalue weighted by Crippen LogP contribution is 2.27. The maximum absolute atomic E-state index is 10.5. The lowest BCUT2D eigenvalue weighted by atomic mass is 10.0. The summed E-state index contributed by atoms with van der Waals surface area (Å²) in [5.41, 5.74) is 0.631. The van der Waals surface area contributed by atoms with E-state index in [1.165, 1.54) is 12.1 Å². The summed E-state index contributed by atoms with van der Waals surface area (Å²) in [5.74, 6) is -0.343. The Labute approximate surface area is 89.2 Å². The number of nitrogens with zero attached hydrogens (tertiary/aromatic N) is 1. The molecule has 1 aromatic carbocycles. The van der Waals surface area contributed by atoms with Gasteiger partial charge in [-0.15, -0.1) is 0 Å². The monoisotopic (exact) mass is 257 g/mol. The van der Waals surface area contributed by atoms with E-state index in [-0.39, 0.29) is 11.6 Å². The summed E-state index contributed by atoms with van der Waals surface area (Å²) < 4.78 is 0.711. The summed E-state index contributed by atoms with van der Waals surface area (Å²) in [6.07, 6.45) is 0.754. The Morgan fingerprint density at radius 3 is 2.71 bits per heavy atom. The molecule has 1 rings (SSSR count). The summed E-state index contributed by atoms with van der Waals surface area (Å²) in [7, 11) is 0. The van der Waals surface area contributed by atoms with Crippen LogP contribution in [0.3, 0.4) is 0 Å². The molecule has 0 aliphatic heterocycles. The average molecular weight is 258 g/mol. The van der Waals surface area contributed by atoms with Gasteiger partial charge in [0.25, 0.3) is 5.69 Å². The number of nitro benzene ring substituents is 1. The SMILES string of the molecule is CC(C=O)c1cc([N+](=O)[O-])ccc1Br. The molecule has 1 atom stereocenters. The lowest BCUT2D eigenvalue weighted by Gasteiger charge is -2.06. The summed E-state index contributed by atoms with van der Waals surface area (Å²) in [6.45, 7) is 1.69. The van der Waals surface area contributed by atoms with Gasteiger partial charge in [-0.3, -0.25) is 10.1 Å². The van der Waals surface area contributed by atoms with E-state index >= 15 is 0 Å². The Bertz CT molecular complexity index is 378.